The summed E-state index contributed by atoms with van der Waals surface area (Å²) in [7, 11) is 1.70. The van der Waals surface area contributed by atoms with E-state index in [0.717, 1.165) is 17.5 Å². The molecule has 3 aromatic rings. The second-order valence-electron chi connectivity index (χ2n) is 6.89. The minimum absolute atomic E-state index is 0.0784. The summed E-state index contributed by atoms with van der Waals surface area (Å²) in [6.45, 7) is -0.111. The van der Waals surface area contributed by atoms with Crippen LogP contribution in [0.4, 0.5) is 13.2 Å². The number of para-hydroxylation sites is 1. The van der Waals surface area contributed by atoms with Gasteiger partial charge >= 0.3 is 6.18 Å². The summed E-state index contributed by atoms with van der Waals surface area (Å²) in [4.78, 5) is 7.49. The SMILES string of the molecule is CN=C(NCCc1c[nH]c2ccccc12)NCc1cccc(COCC(F)(F)F)c1. The Hall–Kier alpha value is -3.00. The van der Waals surface area contributed by atoms with Gasteiger partial charge in [-0.05, 0) is 29.2 Å². The van der Waals surface area contributed by atoms with Crippen LogP contribution in [0.15, 0.2) is 59.7 Å². The second kappa shape index (κ2) is 10.2. The van der Waals surface area contributed by atoms with Gasteiger partial charge in [0.05, 0.1) is 6.61 Å². The molecule has 0 aliphatic heterocycles. The molecular weight excluding hydrogens is 393 g/mol. The average Bonchev–Trinajstić information content (AvgIpc) is 3.13. The maximum atomic E-state index is 12.2. The van der Waals surface area contributed by atoms with Gasteiger partial charge in [0.2, 0.25) is 0 Å². The zero-order valence-electron chi connectivity index (χ0n) is 16.7. The lowest BCUT2D eigenvalue weighted by molar-refractivity contribution is -0.176. The van der Waals surface area contributed by atoms with Crippen molar-refractivity contribution in [1.82, 2.24) is 15.6 Å². The van der Waals surface area contributed by atoms with Crippen LogP contribution in [0.25, 0.3) is 10.9 Å². The Bertz CT molecular complexity index is 982. The predicted molar refractivity (Wildman–Crippen MR) is 112 cm³/mol. The van der Waals surface area contributed by atoms with Crippen molar-refractivity contribution in [3.63, 3.8) is 0 Å². The molecule has 2 aromatic carbocycles. The number of nitrogens with zero attached hydrogens (tertiary/aromatic N) is 1. The van der Waals surface area contributed by atoms with Gasteiger partial charge < -0.3 is 20.4 Å². The zero-order valence-corrected chi connectivity index (χ0v) is 16.7. The molecule has 3 rings (SSSR count). The first-order valence-electron chi connectivity index (χ1n) is 9.66. The molecule has 160 valence electrons. The first-order valence-corrected chi connectivity index (χ1v) is 9.66. The van der Waals surface area contributed by atoms with Crippen molar-refractivity contribution in [1.29, 1.82) is 0 Å². The molecule has 30 heavy (non-hydrogen) atoms. The van der Waals surface area contributed by atoms with Crippen LogP contribution in [0.3, 0.4) is 0 Å². The molecule has 1 heterocycles. The van der Waals surface area contributed by atoms with E-state index in [-0.39, 0.29) is 6.61 Å². The van der Waals surface area contributed by atoms with Crippen molar-refractivity contribution < 1.29 is 17.9 Å². The van der Waals surface area contributed by atoms with Gasteiger partial charge in [-0.25, -0.2) is 0 Å². The number of halogens is 3. The number of ether oxygens (including phenoxy) is 1. The van der Waals surface area contributed by atoms with Crippen LogP contribution in [-0.4, -0.2) is 37.3 Å². The molecule has 3 N–H and O–H groups in total. The summed E-state index contributed by atoms with van der Waals surface area (Å²) in [5.74, 6) is 0.661. The summed E-state index contributed by atoms with van der Waals surface area (Å²) < 4.78 is 41.3. The number of hydrogen-bond donors (Lipinski definition) is 3. The lowest BCUT2D eigenvalue weighted by atomic mass is 10.1. The molecule has 0 spiro atoms. The number of aromatic nitrogens is 1. The largest absolute Gasteiger partial charge is 0.411 e. The molecule has 0 saturated heterocycles. The number of nitrogens with one attached hydrogen (secondary N) is 3. The molecule has 0 bridgehead atoms. The monoisotopic (exact) mass is 418 g/mol. The van der Waals surface area contributed by atoms with E-state index in [9.17, 15) is 13.2 Å². The van der Waals surface area contributed by atoms with Gasteiger partial charge in [0, 0.05) is 37.2 Å². The van der Waals surface area contributed by atoms with Crippen LogP contribution in [0.1, 0.15) is 16.7 Å². The van der Waals surface area contributed by atoms with Crippen molar-refractivity contribution in [2.24, 2.45) is 4.99 Å². The molecule has 0 fully saturated rings. The fraction of sp³-hybridized carbons (Fsp3) is 0.318. The van der Waals surface area contributed by atoms with E-state index in [2.05, 4.69) is 32.7 Å². The summed E-state index contributed by atoms with van der Waals surface area (Å²) in [6.07, 6.45) is -1.45. The Morgan fingerprint density at radius 1 is 1.07 bits per heavy atom. The van der Waals surface area contributed by atoms with Gasteiger partial charge in [0.15, 0.2) is 5.96 Å². The highest BCUT2D eigenvalue weighted by Gasteiger charge is 2.27. The van der Waals surface area contributed by atoms with E-state index < -0.39 is 12.8 Å². The van der Waals surface area contributed by atoms with Crippen LogP contribution in [0, 0.1) is 0 Å². The lowest BCUT2D eigenvalue weighted by Crippen LogP contribution is -2.37. The molecule has 0 aliphatic carbocycles. The number of alkyl halides is 3. The molecule has 0 radical (unpaired) electrons. The van der Waals surface area contributed by atoms with Crippen LogP contribution in [-0.2, 0) is 24.3 Å². The highest BCUT2D eigenvalue weighted by atomic mass is 19.4. The number of guanidine groups is 1. The minimum Gasteiger partial charge on any atom is -0.367 e. The summed E-state index contributed by atoms with van der Waals surface area (Å²) >= 11 is 0. The topological polar surface area (TPSA) is 61.4 Å². The van der Waals surface area contributed by atoms with E-state index in [1.54, 1.807) is 19.2 Å². The van der Waals surface area contributed by atoms with E-state index >= 15 is 0 Å². The molecule has 0 atom stereocenters. The Kier molecular flexibility index (Phi) is 7.35. The maximum absolute atomic E-state index is 12.2. The van der Waals surface area contributed by atoms with Crippen molar-refractivity contribution in [3.05, 3.63) is 71.4 Å². The Labute approximate surface area is 173 Å². The highest BCUT2D eigenvalue weighted by Crippen LogP contribution is 2.18. The van der Waals surface area contributed by atoms with Gasteiger partial charge in [-0.15, -0.1) is 0 Å². The number of aliphatic imine (C=N–C) groups is 1. The van der Waals surface area contributed by atoms with Gasteiger partial charge in [-0.2, -0.15) is 13.2 Å². The number of H-pyrrole nitrogens is 1. The smallest absolute Gasteiger partial charge is 0.367 e. The summed E-state index contributed by atoms with van der Waals surface area (Å²) in [5, 5.41) is 7.72. The third-order valence-electron chi connectivity index (χ3n) is 4.57. The molecule has 8 heteroatoms. The molecule has 0 amide bonds. The fourth-order valence-electron chi connectivity index (χ4n) is 3.17. The van der Waals surface area contributed by atoms with Gasteiger partial charge in [-0.1, -0.05) is 42.5 Å². The fourth-order valence-corrected chi connectivity index (χ4v) is 3.17. The third-order valence-corrected chi connectivity index (χ3v) is 4.57. The molecule has 1 aromatic heterocycles. The minimum atomic E-state index is -4.32. The number of benzene rings is 2. The zero-order chi connectivity index (χ0) is 21.4. The third kappa shape index (κ3) is 6.52. The first kappa shape index (κ1) is 21.7. The van der Waals surface area contributed by atoms with Crippen LogP contribution < -0.4 is 10.6 Å². The number of hydrogen-bond acceptors (Lipinski definition) is 2. The van der Waals surface area contributed by atoms with Crippen LogP contribution in [0.5, 0.6) is 0 Å². The number of fused-ring (bicyclic) bond motifs is 1. The normalized spacial score (nSPS) is 12.3. The van der Waals surface area contributed by atoms with Crippen molar-refractivity contribution in [2.75, 3.05) is 20.2 Å². The molecule has 0 unspecified atom stereocenters. The average molecular weight is 418 g/mol. The van der Waals surface area contributed by atoms with Gasteiger partial charge in [0.25, 0.3) is 0 Å². The highest BCUT2D eigenvalue weighted by molar-refractivity contribution is 5.83. The standard InChI is InChI=1S/C22H25F3N4O/c1-26-21(27-10-9-18-13-28-20-8-3-2-7-19(18)20)29-12-16-5-4-6-17(11-16)14-30-15-22(23,24)25/h2-8,11,13,28H,9-10,12,14-15H2,1H3,(H2,26,27,29). The van der Waals surface area contributed by atoms with Crippen LogP contribution >= 0.6 is 0 Å². The van der Waals surface area contributed by atoms with E-state index in [4.69, 9.17) is 4.74 Å². The molecule has 5 nitrogen and oxygen atoms in total. The van der Waals surface area contributed by atoms with Crippen LogP contribution in [0.2, 0.25) is 0 Å². The van der Waals surface area contributed by atoms with E-state index in [0.29, 0.717) is 24.6 Å². The van der Waals surface area contributed by atoms with Crippen molar-refractivity contribution in [3.8, 4) is 0 Å². The van der Waals surface area contributed by atoms with Gasteiger partial charge in [-0.3, -0.25) is 4.99 Å². The molecular formula is C22H25F3N4O. The maximum Gasteiger partial charge on any atom is 0.411 e. The van der Waals surface area contributed by atoms with E-state index in [1.165, 1.54) is 10.9 Å². The Morgan fingerprint density at radius 3 is 2.67 bits per heavy atom. The first-order chi connectivity index (χ1) is 14.4. The summed E-state index contributed by atoms with van der Waals surface area (Å²) in [6, 6.07) is 15.4. The molecule has 0 aliphatic rings. The van der Waals surface area contributed by atoms with Gasteiger partial charge in [0.1, 0.15) is 6.61 Å². The van der Waals surface area contributed by atoms with Crippen molar-refractivity contribution in [2.45, 2.75) is 25.7 Å². The quantitative estimate of drug-likeness (QED) is 0.380. The second-order valence-corrected chi connectivity index (χ2v) is 6.89. The molecule has 0 saturated carbocycles. The lowest BCUT2D eigenvalue weighted by Gasteiger charge is -2.13. The number of rotatable bonds is 8. The number of aromatic amines is 1. The van der Waals surface area contributed by atoms with Crippen molar-refractivity contribution >= 4 is 16.9 Å². The Morgan fingerprint density at radius 2 is 1.87 bits per heavy atom. The predicted octanol–water partition coefficient (Wildman–Crippen LogP) is 4.15. The van der Waals surface area contributed by atoms with E-state index in [1.807, 2.05) is 30.5 Å². The Balaban J connectivity index is 1.45. The summed E-state index contributed by atoms with van der Waals surface area (Å²) in [5.41, 5.74) is 3.98.